The van der Waals surface area contributed by atoms with Gasteiger partial charge in [-0.15, -0.1) is 0 Å². The summed E-state index contributed by atoms with van der Waals surface area (Å²) in [5.41, 5.74) is 7.27. The standard InChI is InChI=1S/C11H18N2O/c1-11(2,14-3)8-13-10-6-4-9(12)5-7-10/h4-7,13H,8,12H2,1-3H3. The molecule has 0 saturated carbocycles. The summed E-state index contributed by atoms with van der Waals surface area (Å²) in [5.74, 6) is 0. The van der Waals surface area contributed by atoms with Crippen LogP contribution >= 0.6 is 0 Å². The van der Waals surface area contributed by atoms with Crippen molar-refractivity contribution in [1.29, 1.82) is 0 Å². The van der Waals surface area contributed by atoms with Gasteiger partial charge in [0.15, 0.2) is 0 Å². The quantitative estimate of drug-likeness (QED) is 0.722. The van der Waals surface area contributed by atoms with Gasteiger partial charge < -0.3 is 15.8 Å². The Morgan fingerprint density at radius 2 is 1.86 bits per heavy atom. The monoisotopic (exact) mass is 194 g/mol. The van der Waals surface area contributed by atoms with E-state index >= 15 is 0 Å². The Bertz CT molecular complexity index is 280. The second kappa shape index (κ2) is 4.33. The summed E-state index contributed by atoms with van der Waals surface area (Å²) in [6.07, 6.45) is 0. The van der Waals surface area contributed by atoms with E-state index in [-0.39, 0.29) is 5.60 Å². The fraction of sp³-hybridized carbons (Fsp3) is 0.455. The molecule has 1 rings (SSSR count). The van der Waals surface area contributed by atoms with Gasteiger partial charge in [-0.1, -0.05) is 0 Å². The first-order valence-corrected chi connectivity index (χ1v) is 4.68. The molecule has 1 aromatic rings. The van der Waals surface area contributed by atoms with Crippen LogP contribution in [-0.2, 0) is 4.74 Å². The predicted molar refractivity (Wildman–Crippen MR) is 60.4 cm³/mol. The van der Waals surface area contributed by atoms with Crippen molar-refractivity contribution in [3.8, 4) is 0 Å². The van der Waals surface area contributed by atoms with Crippen LogP contribution in [-0.4, -0.2) is 19.3 Å². The minimum absolute atomic E-state index is 0.151. The summed E-state index contributed by atoms with van der Waals surface area (Å²) < 4.78 is 5.30. The molecule has 14 heavy (non-hydrogen) atoms. The Kier molecular flexibility index (Phi) is 3.36. The molecule has 0 saturated heterocycles. The minimum atomic E-state index is -0.151. The summed E-state index contributed by atoms with van der Waals surface area (Å²) >= 11 is 0. The van der Waals surface area contributed by atoms with Crippen molar-refractivity contribution in [2.45, 2.75) is 19.4 Å². The van der Waals surface area contributed by atoms with E-state index < -0.39 is 0 Å². The van der Waals surface area contributed by atoms with Crippen molar-refractivity contribution in [2.24, 2.45) is 0 Å². The average molecular weight is 194 g/mol. The first-order valence-electron chi connectivity index (χ1n) is 4.68. The van der Waals surface area contributed by atoms with E-state index in [0.717, 1.165) is 17.9 Å². The van der Waals surface area contributed by atoms with Crippen molar-refractivity contribution in [3.05, 3.63) is 24.3 Å². The van der Waals surface area contributed by atoms with E-state index in [4.69, 9.17) is 10.5 Å². The summed E-state index contributed by atoms with van der Waals surface area (Å²) in [7, 11) is 1.71. The van der Waals surface area contributed by atoms with Gasteiger partial charge in [0.2, 0.25) is 0 Å². The van der Waals surface area contributed by atoms with Gasteiger partial charge in [0.25, 0.3) is 0 Å². The number of nitrogens with one attached hydrogen (secondary N) is 1. The molecule has 0 spiro atoms. The maximum atomic E-state index is 5.58. The third-order valence-electron chi connectivity index (χ3n) is 2.18. The molecule has 0 unspecified atom stereocenters. The molecule has 3 N–H and O–H groups in total. The number of methoxy groups -OCH3 is 1. The van der Waals surface area contributed by atoms with Crippen LogP contribution in [0, 0.1) is 0 Å². The molecular weight excluding hydrogens is 176 g/mol. The molecule has 0 heterocycles. The topological polar surface area (TPSA) is 47.3 Å². The Morgan fingerprint density at radius 1 is 1.29 bits per heavy atom. The highest BCUT2D eigenvalue weighted by Gasteiger charge is 2.15. The van der Waals surface area contributed by atoms with E-state index in [1.54, 1.807) is 7.11 Å². The maximum Gasteiger partial charge on any atom is 0.0794 e. The highest BCUT2D eigenvalue weighted by Crippen LogP contribution is 2.13. The molecule has 3 heteroatoms. The van der Waals surface area contributed by atoms with E-state index in [1.165, 1.54) is 0 Å². The van der Waals surface area contributed by atoms with Gasteiger partial charge in [-0.25, -0.2) is 0 Å². The van der Waals surface area contributed by atoms with Crippen LogP contribution in [0.15, 0.2) is 24.3 Å². The van der Waals surface area contributed by atoms with Crippen molar-refractivity contribution >= 4 is 11.4 Å². The minimum Gasteiger partial charge on any atom is -0.399 e. The van der Waals surface area contributed by atoms with Crippen LogP contribution < -0.4 is 11.1 Å². The van der Waals surface area contributed by atoms with Gasteiger partial charge in [0, 0.05) is 25.0 Å². The van der Waals surface area contributed by atoms with Gasteiger partial charge in [-0.3, -0.25) is 0 Å². The van der Waals surface area contributed by atoms with Crippen LogP contribution in [0.25, 0.3) is 0 Å². The average Bonchev–Trinajstić information content (AvgIpc) is 2.17. The van der Waals surface area contributed by atoms with E-state index in [1.807, 2.05) is 38.1 Å². The molecule has 0 aliphatic rings. The highest BCUT2D eigenvalue weighted by atomic mass is 16.5. The second-order valence-electron chi connectivity index (χ2n) is 3.94. The van der Waals surface area contributed by atoms with Crippen LogP contribution in [0.2, 0.25) is 0 Å². The van der Waals surface area contributed by atoms with Gasteiger partial charge in [-0.05, 0) is 38.1 Å². The Balaban J connectivity index is 2.50. The third-order valence-corrected chi connectivity index (χ3v) is 2.18. The normalized spacial score (nSPS) is 11.4. The van der Waals surface area contributed by atoms with Gasteiger partial charge >= 0.3 is 0 Å². The van der Waals surface area contributed by atoms with Gasteiger partial charge in [0.05, 0.1) is 5.60 Å². The summed E-state index contributed by atoms with van der Waals surface area (Å²) in [6.45, 7) is 4.85. The lowest BCUT2D eigenvalue weighted by molar-refractivity contribution is 0.0344. The molecule has 0 bridgehead atoms. The molecule has 1 aromatic carbocycles. The van der Waals surface area contributed by atoms with Crippen LogP contribution in [0.1, 0.15) is 13.8 Å². The van der Waals surface area contributed by atoms with Gasteiger partial charge in [-0.2, -0.15) is 0 Å². The van der Waals surface area contributed by atoms with Crippen molar-refractivity contribution in [1.82, 2.24) is 0 Å². The molecule has 0 aliphatic carbocycles. The zero-order valence-corrected chi connectivity index (χ0v) is 9.00. The Morgan fingerprint density at radius 3 is 2.36 bits per heavy atom. The SMILES string of the molecule is COC(C)(C)CNc1ccc(N)cc1. The highest BCUT2D eigenvalue weighted by molar-refractivity contribution is 5.51. The number of anilines is 2. The molecule has 0 aliphatic heterocycles. The number of hydrogen-bond donors (Lipinski definition) is 2. The molecular formula is C11H18N2O. The van der Waals surface area contributed by atoms with Crippen molar-refractivity contribution < 1.29 is 4.74 Å². The Labute approximate surface area is 85.3 Å². The van der Waals surface area contributed by atoms with Crippen molar-refractivity contribution in [2.75, 3.05) is 24.7 Å². The fourth-order valence-corrected chi connectivity index (χ4v) is 0.988. The number of rotatable bonds is 4. The first kappa shape index (κ1) is 10.9. The van der Waals surface area contributed by atoms with Crippen LogP contribution in [0.5, 0.6) is 0 Å². The summed E-state index contributed by atoms with van der Waals surface area (Å²) in [4.78, 5) is 0. The molecule has 0 amide bonds. The number of nitrogens with two attached hydrogens (primary N) is 1. The van der Waals surface area contributed by atoms with Crippen LogP contribution in [0.4, 0.5) is 11.4 Å². The summed E-state index contributed by atoms with van der Waals surface area (Å²) in [5, 5.41) is 3.28. The molecule has 0 fully saturated rings. The molecule has 3 nitrogen and oxygen atoms in total. The maximum absolute atomic E-state index is 5.58. The number of benzene rings is 1. The number of ether oxygens (including phenoxy) is 1. The largest absolute Gasteiger partial charge is 0.399 e. The Hall–Kier alpha value is -1.22. The fourth-order valence-electron chi connectivity index (χ4n) is 0.988. The third kappa shape index (κ3) is 3.26. The number of nitrogen functional groups attached to an aromatic ring is 1. The smallest absolute Gasteiger partial charge is 0.0794 e. The lowest BCUT2D eigenvalue weighted by Crippen LogP contribution is -2.31. The lowest BCUT2D eigenvalue weighted by atomic mass is 10.1. The predicted octanol–water partition coefficient (Wildman–Crippen LogP) is 2.11. The van der Waals surface area contributed by atoms with Crippen LogP contribution in [0.3, 0.4) is 0 Å². The summed E-state index contributed by atoms with van der Waals surface area (Å²) in [6, 6.07) is 7.67. The van der Waals surface area contributed by atoms with E-state index in [0.29, 0.717) is 0 Å². The van der Waals surface area contributed by atoms with Gasteiger partial charge in [0.1, 0.15) is 0 Å². The molecule has 78 valence electrons. The molecule has 0 radical (unpaired) electrons. The number of hydrogen-bond acceptors (Lipinski definition) is 3. The zero-order chi connectivity index (χ0) is 10.6. The van der Waals surface area contributed by atoms with E-state index in [9.17, 15) is 0 Å². The molecule has 0 aromatic heterocycles. The molecule has 0 atom stereocenters. The second-order valence-corrected chi connectivity index (χ2v) is 3.94. The van der Waals surface area contributed by atoms with E-state index in [2.05, 4.69) is 5.32 Å². The first-order chi connectivity index (χ1) is 6.53. The van der Waals surface area contributed by atoms with Crippen molar-refractivity contribution in [3.63, 3.8) is 0 Å². The lowest BCUT2D eigenvalue weighted by Gasteiger charge is -2.23. The zero-order valence-electron chi connectivity index (χ0n) is 9.00.